The minimum absolute atomic E-state index is 0.00905. The molecule has 8 heteroatoms. The Bertz CT molecular complexity index is 913. The molecule has 2 aromatic heterocycles. The minimum atomic E-state index is -0.475. The van der Waals surface area contributed by atoms with Crippen molar-refractivity contribution in [2.45, 2.75) is 26.3 Å². The number of aromatic nitrogens is 2. The molecule has 0 saturated carbocycles. The molecule has 0 bridgehead atoms. The molecule has 1 atom stereocenters. The van der Waals surface area contributed by atoms with E-state index < -0.39 is 4.92 Å². The maximum absolute atomic E-state index is 12.7. The quantitative estimate of drug-likeness (QED) is 0.538. The summed E-state index contributed by atoms with van der Waals surface area (Å²) in [6, 6.07) is 11.0. The monoisotopic (exact) mass is 354 g/mol. The third kappa shape index (κ3) is 3.49. The fraction of sp³-hybridized carbons (Fsp3) is 0.222. The van der Waals surface area contributed by atoms with E-state index >= 15 is 0 Å². The number of nitro groups is 1. The van der Waals surface area contributed by atoms with Crippen molar-refractivity contribution in [3.8, 4) is 17.1 Å². The predicted octanol–water partition coefficient (Wildman–Crippen LogP) is 3.57. The molecule has 26 heavy (non-hydrogen) atoms. The number of rotatable bonds is 6. The fourth-order valence-corrected chi connectivity index (χ4v) is 2.40. The number of amides is 1. The molecule has 1 aromatic carbocycles. The second-order valence-corrected chi connectivity index (χ2v) is 5.86. The van der Waals surface area contributed by atoms with Gasteiger partial charge in [0.05, 0.1) is 16.9 Å². The highest BCUT2D eigenvalue weighted by molar-refractivity contribution is 5.94. The Morgan fingerprint density at radius 3 is 2.65 bits per heavy atom. The molecular formula is C18H18N4O4. The third-order valence-electron chi connectivity index (χ3n) is 4.01. The van der Waals surface area contributed by atoms with E-state index in [2.05, 4.69) is 10.4 Å². The van der Waals surface area contributed by atoms with Gasteiger partial charge in [0.2, 0.25) is 0 Å². The van der Waals surface area contributed by atoms with E-state index in [0.29, 0.717) is 22.8 Å². The van der Waals surface area contributed by atoms with Gasteiger partial charge in [-0.2, -0.15) is 5.10 Å². The van der Waals surface area contributed by atoms with Crippen LogP contribution in [0, 0.1) is 10.1 Å². The molecule has 0 aliphatic carbocycles. The summed E-state index contributed by atoms with van der Waals surface area (Å²) in [5.41, 5.74) is 1.34. The van der Waals surface area contributed by atoms with Gasteiger partial charge >= 0.3 is 0 Å². The zero-order valence-corrected chi connectivity index (χ0v) is 14.4. The molecule has 0 aliphatic heterocycles. The molecule has 0 radical (unpaired) electrons. The first-order valence-corrected chi connectivity index (χ1v) is 8.19. The van der Waals surface area contributed by atoms with Crippen LogP contribution in [0.5, 0.6) is 0 Å². The molecule has 1 N–H and O–H groups in total. The Morgan fingerprint density at radius 1 is 1.35 bits per heavy atom. The van der Waals surface area contributed by atoms with Crippen molar-refractivity contribution in [3.63, 3.8) is 0 Å². The van der Waals surface area contributed by atoms with Crippen molar-refractivity contribution >= 4 is 11.6 Å². The largest absolute Gasteiger partial charge is 0.463 e. The molecule has 0 spiro atoms. The molecule has 134 valence electrons. The summed E-state index contributed by atoms with van der Waals surface area (Å²) >= 11 is 0. The minimum Gasteiger partial charge on any atom is -0.463 e. The first-order valence-electron chi connectivity index (χ1n) is 8.19. The molecule has 0 saturated heterocycles. The van der Waals surface area contributed by atoms with Crippen LogP contribution < -0.4 is 5.32 Å². The Morgan fingerprint density at radius 2 is 2.08 bits per heavy atom. The first kappa shape index (κ1) is 17.4. The lowest BCUT2D eigenvalue weighted by molar-refractivity contribution is -0.384. The van der Waals surface area contributed by atoms with E-state index in [0.717, 1.165) is 6.42 Å². The van der Waals surface area contributed by atoms with Crippen LogP contribution in [-0.4, -0.2) is 26.7 Å². The molecule has 0 unspecified atom stereocenters. The number of furan rings is 1. The summed E-state index contributed by atoms with van der Waals surface area (Å²) in [5, 5.41) is 18.2. The molecule has 8 nitrogen and oxygen atoms in total. The highest BCUT2D eigenvalue weighted by Gasteiger charge is 2.20. The van der Waals surface area contributed by atoms with Crippen LogP contribution >= 0.6 is 0 Å². The van der Waals surface area contributed by atoms with E-state index in [1.807, 2.05) is 13.8 Å². The summed E-state index contributed by atoms with van der Waals surface area (Å²) in [6.45, 7) is 3.89. The third-order valence-corrected chi connectivity index (χ3v) is 4.01. The zero-order chi connectivity index (χ0) is 18.7. The molecule has 0 fully saturated rings. The van der Waals surface area contributed by atoms with Gasteiger partial charge in [0, 0.05) is 24.2 Å². The van der Waals surface area contributed by atoms with Gasteiger partial charge in [0.1, 0.15) is 11.4 Å². The van der Waals surface area contributed by atoms with Crippen LogP contribution in [0.15, 0.2) is 53.1 Å². The van der Waals surface area contributed by atoms with Crippen molar-refractivity contribution in [2.24, 2.45) is 0 Å². The average Bonchev–Trinajstić information content (AvgIpc) is 3.31. The zero-order valence-electron chi connectivity index (χ0n) is 14.4. The lowest BCUT2D eigenvalue weighted by atomic mass is 10.2. The standard InChI is InChI=1S/C18H18N4O4/c1-3-12(2)19-18(23)16-11-15(17-5-4-10-26-17)20-21(16)13-6-8-14(9-7-13)22(24)25/h4-12H,3H2,1-2H3,(H,19,23)/t12-/m0/s1. The molecule has 1 amide bonds. The van der Waals surface area contributed by atoms with Crippen LogP contribution in [0.1, 0.15) is 30.8 Å². The predicted molar refractivity (Wildman–Crippen MR) is 95.1 cm³/mol. The lowest BCUT2D eigenvalue weighted by Gasteiger charge is -2.12. The van der Waals surface area contributed by atoms with Gasteiger partial charge in [-0.15, -0.1) is 0 Å². The number of nitrogens with one attached hydrogen (secondary N) is 1. The highest BCUT2D eigenvalue weighted by atomic mass is 16.6. The van der Waals surface area contributed by atoms with Crippen LogP contribution in [0.4, 0.5) is 5.69 Å². The Labute approximate surface area is 149 Å². The number of carbonyl (C=O) groups is 1. The number of hydrogen-bond donors (Lipinski definition) is 1. The van der Waals surface area contributed by atoms with E-state index in [1.165, 1.54) is 23.1 Å². The Balaban J connectivity index is 2.04. The topological polar surface area (TPSA) is 103 Å². The first-order chi connectivity index (χ1) is 12.5. The number of benzene rings is 1. The van der Waals surface area contributed by atoms with Gasteiger partial charge in [-0.3, -0.25) is 14.9 Å². The smallest absolute Gasteiger partial charge is 0.270 e. The number of nitro benzene ring substituents is 1. The van der Waals surface area contributed by atoms with E-state index in [4.69, 9.17) is 4.42 Å². The normalized spacial score (nSPS) is 11.9. The van der Waals surface area contributed by atoms with Crippen molar-refractivity contribution in [3.05, 3.63) is 64.5 Å². The SMILES string of the molecule is CC[C@H](C)NC(=O)c1cc(-c2ccco2)nn1-c1ccc([N+](=O)[O-])cc1. The second kappa shape index (κ2) is 7.22. The van der Waals surface area contributed by atoms with Crippen LogP contribution in [0.3, 0.4) is 0 Å². The van der Waals surface area contributed by atoms with E-state index in [1.54, 1.807) is 30.3 Å². The number of carbonyl (C=O) groups excluding carboxylic acids is 1. The maximum atomic E-state index is 12.7. The van der Waals surface area contributed by atoms with Gasteiger partial charge in [-0.25, -0.2) is 4.68 Å². The van der Waals surface area contributed by atoms with Gasteiger partial charge in [0.15, 0.2) is 5.76 Å². The summed E-state index contributed by atoms with van der Waals surface area (Å²) in [4.78, 5) is 23.0. The van der Waals surface area contributed by atoms with Crippen molar-refractivity contribution in [2.75, 3.05) is 0 Å². The molecule has 3 rings (SSSR count). The number of hydrogen-bond acceptors (Lipinski definition) is 5. The fourth-order valence-electron chi connectivity index (χ4n) is 2.40. The lowest BCUT2D eigenvalue weighted by Crippen LogP contribution is -2.33. The van der Waals surface area contributed by atoms with E-state index in [9.17, 15) is 14.9 Å². The number of nitrogens with zero attached hydrogens (tertiary/aromatic N) is 3. The molecule has 2 heterocycles. The van der Waals surface area contributed by atoms with Crippen LogP contribution in [-0.2, 0) is 0 Å². The van der Waals surface area contributed by atoms with Gasteiger partial charge in [-0.05, 0) is 37.6 Å². The van der Waals surface area contributed by atoms with Gasteiger partial charge in [-0.1, -0.05) is 6.92 Å². The Kier molecular flexibility index (Phi) is 4.83. The second-order valence-electron chi connectivity index (χ2n) is 5.86. The molecular weight excluding hydrogens is 336 g/mol. The van der Waals surface area contributed by atoms with Crippen molar-refractivity contribution in [1.29, 1.82) is 0 Å². The van der Waals surface area contributed by atoms with Crippen LogP contribution in [0.2, 0.25) is 0 Å². The van der Waals surface area contributed by atoms with E-state index in [-0.39, 0.29) is 17.6 Å². The molecule has 0 aliphatic rings. The summed E-state index contributed by atoms with van der Waals surface area (Å²) in [6.07, 6.45) is 2.32. The number of non-ortho nitro benzene ring substituents is 1. The Hall–Kier alpha value is -3.42. The summed E-state index contributed by atoms with van der Waals surface area (Å²) in [7, 11) is 0. The molecule has 3 aromatic rings. The van der Waals surface area contributed by atoms with Crippen molar-refractivity contribution < 1.29 is 14.1 Å². The van der Waals surface area contributed by atoms with Crippen molar-refractivity contribution in [1.82, 2.24) is 15.1 Å². The van der Waals surface area contributed by atoms with Gasteiger partial charge < -0.3 is 9.73 Å². The van der Waals surface area contributed by atoms with Gasteiger partial charge in [0.25, 0.3) is 11.6 Å². The summed E-state index contributed by atoms with van der Waals surface area (Å²) in [5.74, 6) is 0.256. The van der Waals surface area contributed by atoms with Crippen LogP contribution in [0.25, 0.3) is 17.1 Å². The summed E-state index contributed by atoms with van der Waals surface area (Å²) < 4.78 is 6.82. The highest BCUT2D eigenvalue weighted by Crippen LogP contribution is 2.23. The average molecular weight is 354 g/mol. The maximum Gasteiger partial charge on any atom is 0.270 e.